The summed E-state index contributed by atoms with van der Waals surface area (Å²) in [6.07, 6.45) is 2.27. The van der Waals surface area contributed by atoms with E-state index < -0.39 is 11.9 Å². The van der Waals surface area contributed by atoms with Crippen LogP contribution in [0.15, 0.2) is 48.7 Å². The third-order valence-corrected chi connectivity index (χ3v) is 5.19. The molecule has 2 aromatic carbocycles. The fraction of sp³-hybridized carbons (Fsp3) is 0.227. The monoisotopic (exact) mass is 406 g/mol. The number of imide groups is 1. The number of anilines is 1. The van der Waals surface area contributed by atoms with Crippen LogP contribution >= 0.6 is 0 Å². The van der Waals surface area contributed by atoms with Gasteiger partial charge in [-0.15, -0.1) is 0 Å². The van der Waals surface area contributed by atoms with Crippen LogP contribution in [0.5, 0.6) is 5.88 Å². The summed E-state index contributed by atoms with van der Waals surface area (Å²) in [7, 11) is 0. The van der Waals surface area contributed by atoms with Gasteiger partial charge in [0.25, 0.3) is 0 Å². The molecule has 4 rings (SSSR count). The lowest BCUT2D eigenvalue weighted by Gasteiger charge is -2.22. The Morgan fingerprint density at radius 3 is 2.70 bits per heavy atom. The number of aromatic nitrogens is 1. The Kier molecular flexibility index (Phi) is 5.14. The second-order valence-electron chi connectivity index (χ2n) is 7.42. The number of nitrogens with one attached hydrogen (secondary N) is 3. The van der Waals surface area contributed by atoms with Crippen molar-refractivity contribution in [2.75, 3.05) is 5.32 Å². The molecule has 0 aliphatic carbocycles. The smallest absolute Gasteiger partial charge is 0.319 e. The second kappa shape index (κ2) is 7.90. The number of nitrogens with zero attached hydrogens (tertiary/aromatic N) is 1. The summed E-state index contributed by atoms with van der Waals surface area (Å²) in [6.45, 7) is 2.28. The molecule has 1 aliphatic heterocycles. The summed E-state index contributed by atoms with van der Waals surface area (Å²) in [5.41, 5.74) is 2.67. The van der Waals surface area contributed by atoms with Gasteiger partial charge in [-0.1, -0.05) is 23.8 Å². The summed E-state index contributed by atoms with van der Waals surface area (Å²) in [5.74, 6) is -0.739. The van der Waals surface area contributed by atoms with Crippen LogP contribution < -0.4 is 16.0 Å². The van der Waals surface area contributed by atoms with Crippen molar-refractivity contribution in [3.8, 4) is 5.88 Å². The molecule has 0 saturated carbocycles. The van der Waals surface area contributed by atoms with E-state index in [1.54, 1.807) is 12.3 Å². The maximum Gasteiger partial charge on any atom is 0.319 e. The van der Waals surface area contributed by atoms with E-state index >= 15 is 0 Å². The van der Waals surface area contributed by atoms with Gasteiger partial charge in [-0.25, -0.2) is 4.79 Å². The number of hydrogen-bond acceptors (Lipinski definition) is 4. The lowest BCUT2D eigenvalue weighted by atomic mass is 10.1. The lowest BCUT2D eigenvalue weighted by molar-refractivity contribution is -0.135. The van der Waals surface area contributed by atoms with Crippen LogP contribution in [0.3, 0.4) is 0 Å². The van der Waals surface area contributed by atoms with Crippen LogP contribution in [0, 0.1) is 6.92 Å². The van der Waals surface area contributed by atoms with E-state index in [0.717, 1.165) is 16.5 Å². The van der Waals surface area contributed by atoms with Crippen molar-refractivity contribution in [3.63, 3.8) is 0 Å². The van der Waals surface area contributed by atoms with Crippen LogP contribution in [0.25, 0.3) is 10.8 Å². The molecule has 2 heterocycles. The molecule has 30 heavy (non-hydrogen) atoms. The molecule has 154 valence electrons. The van der Waals surface area contributed by atoms with Crippen LogP contribution in [-0.4, -0.2) is 27.5 Å². The SMILES string of the molecule is Cc1ccc(NC(=O)NCc2ccc3c(O)n(C4CCC(=O)NC4=O)cc3c2)cc1. The Balaban J connectivity index is 1.45. The van der Waals surface area contributed by atoms with E-state index in [1.807, 2.05) is 43.3 Å². The highest BCUT2D eigenvalue weighted by molar-refractivity contribution is 6.00. The van der Waals surface area contributed by atoms with E-state index in [2.05, 4.69) is 16.0 Å². The second-order valence-corrected chi connectivity index (χ2v) is 7.42. The van der Waals surface area contributed by atoms with Gasteiger partial charge in [0, 0.05) is 35.6 Å². The summed E-state index contributed by atoms with van der Waals surface area (Å²) >= 11 is 0. The predicted molar refractivity (Wildman–Crippen MR) is 112 cm³/mol. The minimum atomic E-state index is -0.628. The van der Waals surface area contributed by atoms with Crippen LogP contribution in [-0.2, 0) is 16.1 Å². The van der Waals surface area contributed by atoms with Gasteiger partial charge in [-0.05, 0) is 43.2 Å². The number of carbonyl (C=O) groups excluding carboxylic acids is 3. The number of piperidine rings is 1. The van der Waals surface area contributed by atoms with E-state index in [9.17, 15) is 19.5 Å². The Hall–Kier alpha value is -3.81. The molecule has 4 amide bonds. The highest BCUT2D eigenvalue weighted by Gasteiger charge is 2.29. The maximum absolute atomic E-state index is 12.1. The van der Waals surface area contributed by atoms with Gasteiger partial charge >= 0.3 is 6.03 Å². The quantitative estimate of drug-likeness (QED) is 0.499. The van der Waals surface area contributed by atoms with Crippen molar-refractivity contribution in [3.05, 3.63) is 59.8 Å². The zero-order chi connectivity index (χ0) is 21.3. The molecular formula is C22H22N4O4. The molecule has 3 aromatic rings. The highest BCUT2D eigenvalue weighted by atomic mass is 16.3. The molecule has 1 unspecified atom stereocenters. The summed E-state index contributed by atoms with van der Waals surface area (Å²) in [4.78, 5) is 35.6. The molecule has 1 atom stereocenters. The number of urea groups is 1. The van der Waals surface area contributed by atoms with E-state index in [0.29, 0.717) is 24.0 Å². The van der Waals surface area contributed by atoms with Gasteiger partial charge < -0.3 is 20.3 Å². The third-order valence-electron chi connectivity index (χ3n) is 5.19. The zero-order valence-electron chi connectivity index (χ0n) is 16.4. The Morgan fingerprint density at radius 2 is 1.97 bits per heavy atom. The molecule has 1 saturated heterocycles. The van der Waals surface area contributed by atoms with Crippen LogP contribution in [0.2, 0.25) is 0 Å². The fourth-order valence-corrected chi connectivity index (χ4v) is 3.56. The number of benzene rings is 2. The fourth-order valence-electron chi connectivity index (χ4n) is 3.56. The Bertz CT molecular complexity index is 1130. The topological polar surface area (TPSA) is 112 Å². The largest absolute Gasteiger partial charge is 0.494 e. The van der Waals surface area contributed by atoms with Gasteiger partial charge in [0.05, 0.1) is 0 Å². The van der Waals surface area contributed by atoms with Crippen LogP contribution in [0.1, 0.15) is 30.0 Å². The van der Waals surface area contributed by atoms with E-state index in [4.69, 9.17) is 0 Å². The number of amides is 4. The summed E-state index contributed by atoms with van der Waals surface area (Å²) < 4.78 is 1.49. The van der Waals surface area contributed by atoms with E-state index in [-0.39, 0.29) is 24.2 Å². The number of rotatable bonds is 4. The van der Waals surface area contributed by atoms with Crippen molar-refractivity contribution < 1.29 is 19.5 Å². The number of hydrogen-bond donors (Lipinski definition) is 4. The normalized spacial score (nSPS) is 16.4. The number of aryl methyl sites for hydroxylation is 1. The minimum Gasteiger partial charge on any atom is -0.494 e. The highest BCUT2D eigenvalue weighted by Crippen LogP contribution is 2.33. The molecule has 0 radical (unpaired) electrons. The standard InChI is InChI=1S/C22H22N4O4/c1-13-2-5-16(6-3-13)24-22(30)23-11-14-4-7-17-15(10-14)12-26(21(17)29)18-8-9-19(27)25-20(18)28/h2-7,10,12,18,29H,8-9,11H2,1H3,(H2,23,24,30)(H,25,27,28). The first kappa shape index (κ1) is 19.5. The molecule has 0 bridgehead atoms. The van der Waals surface area contributed by atoms with Crippen molar-refractivity contribution in [1.29, 1.82) is 0 Å². The molecule has 0 spiro atoms. The van der Waals surface area contributed by atoms with Gasteiger partial charge in [-0.2, -0.15) is 0 Å². The van der Waals surface area contributed by atoms with Crippen molar-refractivity contribution in [2.24, 2.45) is 0 Å². The van der Waals surface area contributed by atoms with Gasteiger partial charge in [0.1, 0.15) is 6.04 Å². The molecule has 8 heteroatoms. The van der Waals surface area contributed by atoms with Crippen LogP contribution in [0.4, 0.5) is 10.5 Å². The Labute approximate surface area is 172 Å². The number of fused-ring (bicyclic) bond motifs is 1. The maximum atomic E-state index is 12.1. The van der Waals surface area contributed by atoms with E-state index in [1.165, 1.54) is 4.57 Å². The van der Waals surface area contributed by atoms with Crippen molar-refractivity contribution >= 4 is 34.3 Å². The average molecular weight is 406 g/mol. The minimum absolute atomic E-state index is 0.0175. The molecule has 8 nitrogen and oxygen atoms in total. The summed E-state index contributed by atoms with van der Waals surface area (Å²) in [6, 6.07) is 12.0. The van der Waals surface area contributed by atoms with Crippen molar-refractivity contribution in [1.82, 2.24) is 15.2 Å². The molecule has 4 N–H and O–H groups in total. The lowest BCUT2D eigenvalue weighted by Crippen LogP contribution is -2.41. The zero-order valence-corrected chi connectivity index (χ0v) is 16.4. The average Bonchev–Trinajstić information content (AvgIpc) is 3.04. The first-order valence-corrected chi connectivity index (χ1v) is 9.68. The number of carbonyl (C=O) groups is 3. The van der Waals surface area contributed by atoms with Gasteiger partial charge in [-0.3, -0.25) is 14.9 Å². The van der Waals surface area contributed by atoms with Crippen molar-refractivity contribution in [2.45, 2.75) is 32.4 Å². The van der Waals surface area contributed by atoms with Gasteiger partial charge in [0.2, 0.25) is 11.8 Å². The molecule has 1 aliphatic rings. The third kappa shape index (κ3) is 3.98. The predicted octanol–water partition coefficient (Wildman–Crippen LogP) is 2.95. The first-order valence-electron chi connectivity index (χ1n) is 9.68. The number of aromatic hydroxyl groups is 1. The molecule has 1 aromatic heterocycles. The molecular weight excluding hydrogens is 384 g/mol. The van der Waals surface area contributed by atoms with Gasteiger partial charge in [0.15, 0.2) is 5.88 Å². The summed E-state index contributed by atoms with van der Waals surface area (Å²) in [5, 5.41) is 19.8. The Morgan fingerprint density at radius 1 is 1.20 bits per heavy atom. The first-order chi connectivity index (χ1) is 14.4. The molecule has 1 fully saturated rings.